The van der Waals surface area contributed by atoms with E-state index in [9.17, 15) is 45.6 Å². The predicted molar refractivity (Wildman–Crippen MR) is 254 cm³/mol. The Hall–Kier alpha value is -2.95. The largest absolute Gasteiger partial charge is 0.481 e. The summed E-state index contributed by atoms with van der Waals surface area (Å²) in [6.45, 7) is 10.2. The van der Waals surface area contributed by atoms with Gasteiger partial charge in [-0.25, -0.2) is 4.98 Å². The van der Waals surface area contributed by atoms with Crippen LogP contribution < -0.4 is 11.1 Å². The molecule has 1 aromatic heterocycles. The first-order chi connectivity index (χ1) is 33.2. The predicted octanol–water partition coefficient (Wildman–Crippen LogP) is 2.98. The van der Waals surface area contributed by atoms with E-state index in [2.05, 4.69) is 60.9 Å². The van der Waals surface area contributed by atoms with Gasteiger partial charge in [0.1, 0.15) is 18.3 Å². The van der Waals surface area contributed by atoms with Gasteiger partial charge in [0.05, 0.1) is 48.7 Å². The number of allylic oxidation sites excluding steroid dienone is 2. The zero-order valence-corrected chi connectivity index (χ0v) is 41.7. The van der Waals surface area contributed by atoms with Crippen LogP contribution in [0.4, 0.5) is 0 Å². The number of aliphatic hydroxyl groups excluding tert-OH is 7. The number of ether oxygens (including phenoxy) is 2. The number of carbonyl (C=O) groups is 2. The van der Waals surface area contributed by atoms with Gasteiger partial charge in [0.25, 0.3) is 0 Å². The number of nitrogens with two attached hydrogens (primary N) is 1. The Kier molecular flexibility index (Phi) is 12.7. The molecule has 10 rings (SSSR count). The molecule has 1 aromatic rings. The highest BCUT2D eigenvalue weighted by Gasteiger charge is 2.77. The molecule has 5 saturated carbocycles. The number of nitrogens with zero attached hydrogens (tertiary/aromatic N) is 1. The van der Waals surface area contributed by atoms with Crippen LogP contribution in [-0.2, 0) is 19.1 Å². The van der Waals surface area contributed by atoms with E-state index in [0.717, 1.165) is 17.7 Å². The monoisotopic (exact) mass is 977 g/mol. The molecule has 0 aromatic carbocycles. The minimum Gasteiger partial charge on any atom is -0.481 e. The lowest BCUT2D eigenvalue weighted by molar-refractivity contribution is -0.349. The summed E-state index contributed by atoms with van der Waals surface area (Å²) in [7, 11) is 0. The van der Waals surface area contributed by atoms with Gasteiger partial charge in [0.2, 0.25) is 5.91 Å². The quantitative estimate of drug-likeness (QED) is 0.0865. The molecule has 2 aliphatic heterocycles. The highest BCUT2D eigenvalue weighted by molar-refractivity contribution is 5.87. The number of carboxylic acids is 1. The Morgan fingerprint density at radius 1 is 0.986 bits per heavy atom. The molecule has 0 bridgehead atoms. The number of fused-ring (bicyclic) bond motifs is 4. The number of hydrogen-bond donors (Lipinski definition) is 11. The van der Waals surface area contributed by atoms with E-state index in [1.54, 1.807) is 6.33 Å². The van der Waals surface area contributed by atoms with E-state index < -0.39 is 117 Å². The van der Waals surface area contributed by atoms with Crippen molar-refractivity contribution in [1.82, 2.24) is 15.3 Å². The molecule has 2 saturated heterocycles. The molecule has 12 N–H and O–H groups in total. The van der Waals surface area contributed by atoms with Crippen molar-refractivity contribution in [2.45, 2.75) is 173 Å². The van der Waals surface area contributed by atoms with Crippen LogP contribution in [0.2, 0.25) is 0 Å². The average Bonchev–Trinajstić information content (AvgIpc) is 4.09. The van der Waals surface area contributed by atoms with Crippen molar-refractivity contribution < 1.29 is 59.9 Å². The van der Waals surface area contributed by atoms with Crippen LogP contribution in [0.5, 0.6) is 0 Å². The van der Waals surface area contributed by atoms with Gasteiger partial charge in [0.15, 0.2) is 6.29 Å². The second kappa shape index (κ2) is 17.6. The summed E-state index contributed by atoms with van der Waals surface area (Å²) < 4.78 is 12.7. The number of rotatable bonds is 11. The molecule has 23 atom stereocenters. The van der Waals surface area contributed by atoms with Gasteiger partial charge >= 0.3 is 5.97 Å². The number of aromatic nitrogens is 2. The van der Waals surface area contributed by atoms with Gasteiger partial charge < -0.3 is 66.4 Å². The van der Waals surface area contributed by atoms with Crippen LogP contribution in [-0.4, -0.2) is 138 Å². The Bertz CT molecular complexity index is 2270. The van der Waals surface area contributed by atoms with E-state index in [0.29, 0.717) is 83.6 Å². The number of nitrogens with one attached hydrogen (secondary N) is 2. The molecular formula is C54H80N4O12. The number of hydrogen-bond acceptors (Lipinski definition) is 13. The first-order valence-electron chi connectivity index (χ1n) is 26.5. The lowest BCUT2D eigenvalue weighted by Crippen LogP contribution is -2.75. The molecule has 0 radical (unpaired) electrons. The fourth-order valence-corrected chi connectivity index (χ4v) is 18.5. The van der Waals surface area contributed by atoms with Crippen LogP contribution >= 0.6 is 0 Å². The third-order valence-electron chi connectivity index (χ3n) is 22.5. The van der Waals surface area contributed by atoms with Crippen molar-refractivity contribution in [3.05, 3.63) is 29.9 Å². The lowest BCUT2D eigenvalue weighted by atomic mass is 9.30. The second-order valence-corrected chi connectivity index (χ2v) is 25.1. The van der Waals surface area contributed by atoms with Crippen molar-refractivity contribution in [1.29, 1.82) is 0 Å². The maximum Gasteiger partial charge on any atom is 0.310 e. The normalized spacial score (nSPS) is 51.2. The maximum atomic E-state index is 15.3. The molecule has 7 fully saturated rings. The summed E-state index contributed by atoms with van der Waals surface area (Å²) >= 11 is 0. The number of aliphatic carboxylic acids is 1. The van der Waals surface area contributed by atoms with Crippen molar-refractivity contribution >= 4 is 11.9 Å². The fourth-order valence-electron chi connectivity index (χ4n) is 18.5. The van der Waals surface area contributed by atoms with Crippen LogP contribution in [0.25, 0.3) is 0 Å². The van der Waals surface area contributed by atoms with Crippen molar-refractivity contribution in [3.8, 4) is 11.8 Å². The summed E-state index contributed by atoms with van der Waals surface area (Å²) in [5.74, 6) is 3.77. The van der Waals surface area contributed by atoms with E-state index in [1.807, 2.05) is 13.1 Å². The molecule has 7 aliphatic carbocycles. The summed E-state index contributed by atoms with van der Waals surface area (Å²) in [6, 6.07) is -0.401. The standard InChI is InChI=1S/C54H80N4O12/c1-48(26-60)15-17-53(47(67)68)18-16-49(2)31(34(53)22-48)20-28-10-11-29-8-6-13-54(29)32(39(58-46(54)66)30(9-7-19-55)35-23-56-27-57-35)21-33-40(63)44(70-45-42(65)41(64)36(61)25-69-45)52(5,38(62)24-59)37-12-14-50(49,3)43(28)51(33,37)4/h20,23,27-30,32-34,36-45,59-65H,6-9,12-19,21-22,24-26,55H2,1-5H3,(H,56,57)(H,58,66)(H,67,68). The van der Waals surface area contributed by atoms with E-state index in [4.69, 9.17) is 15.2 Å². The van der Waals surface area contributed by atoms with Gasteiger partial charge in [0, 0.05) is 47.7 Å². The Labute approximate surface area is 412 Å². The summed E-state index contributed by atoms with van der Waals surface area (Å²) in [5, 5.41) is 95.7. The number of H-pyrrole nitrogens is 1. The minimum atomic E-state index is -1.70. The molecule has 70 heavy (non-hydrogen) atoms. The van der Waals surface area contributed by atoms with Crippen molar-refractivity contribution in [3.63, 3.8) is 0 Å². The maximum absolute atomic E-state index is 15.3. The topological polar surface area (TPSA) is 281 Å². The van der Waals surface area contributed by atoms with Gasteiger partial charge in [-0.1, -0.05) is 64.5 Å². The van der Waals surface area contributed by atoms with Crippen molar-refractivity contribution in [2.24, 2.45) is 85.1 Å². The zero-order valence-electron chi connectivity index (χ0n) is 41.7. The van der Waals surface area contributed by atoms with E-state index >= 15 is 4.79 Å². The number of amides is 1. The molecule has 3 heterocycles. The van der Waals surface area contributed by atoms with Crippen LogP contribution in [0, 0.1) is 91.2 Å². The number of aromatic amines is 1. The number of imidazole rings is 1. The number of carboxylic acid groups (broad SMARTS) is 1. The molecule has 23 unspecified atom stereocenters. The van der Waals surface area contributed by atoms with Gasteiger partial charge in [-0.15, -0.1) is 0 Å². The summed E-state index contributed by atoms with van der Waals surface area (Å²) in [4.78, 5) is 36.8. The molecular weight excluding hydrogens is 897 g/mol. The molecule has 16 nitrogen and oxygen atoms in total. The van der Waals surface area contributed by atoms with Crippen LogP contribution in [0.15, 0.2) is 24.2 Å². The third kappa shape index (κ3) is 6.80. The number of aliphatic hydroxyl groups is 7. The Morgan fingerprint density at radius 3 is 2.43 bits per heavy atom. The van der Waals surface area contributed by atoms with Gasteiger partial charge in [-0.2, -0.15) is 0 Å². The van der Waals surface area contributed by atoms with Gasteiger partial charge in [-0.3, -0.25) is 9.59 Å². The second-order valence-electron chi connectivity index (χ2n) is 25.1. The Morgan fingerprint density at radius 2 is 1.74 bits per heavy atom. The highest BCUT2D eigenvalue weighted by Crippen LogP contribution is 2.79. The zero-order chi connectivity index (χ0) is 50.1. The molecule has 9 aliphatic rings. The highest BCUT2D eigenvalue weighted by atomic mass is 16.7. The van der Waals surface area contributed by atoms with Crippen molar-refractivity contribution in [2.75, 3.05) is 26.4 Å². The van der Waals surface area contributed by atoms with E-state index in [-0.39, 0.29) is 48.7 Å². The van der Waals surface area contributed by atoms with Crippen LogP contribution in [0.1, 0.15) is 130 Å². The van der Waals surface area contributed by atoms with Crippen LogP contribution in [0.3, 0.4) is 0 Å². The first kappa shape index (κ1) is 50.6. The molecule has 16 heteroatoms. The average molecular weight is 977 g/mol. The number of carbonyl (C=O) groups excluding carboxylic acids is 1. The van der Waals surface area contributed by atoms with E-state index in [1.165, 1.54) is 0 Å². The smallest absolute Gasteiger partial charge is 0.310 e. The first-order valence-corrected chi connectivity index (χ1v) is 26.5. The molecule has 1 amide bonds. The SMILES string of the molecule is CC1(CO)CCC2(C(=O)O)CCC3(C)C(=CC4C#CC5CCCC56C(=O)NC(C(CCCN)c5cnc[nH]5)C6CC5C(O)C(OC6OCC(O)C(O)C6O)C(C)(C(O)CO)C6CCC3(C)C4C56C)C2C1. The minimum absolute atomic E-state index is 0.0510. The van der Waals surface area contributed by atoms with Gasteiger partial charge in [-0.05, 0) is 135 Å². The lowest BCUT2D eigenvalue weighted by Gasteiger charge is -2.75. The summed E-state index contributed by atoms with van der Waals surface area (Å²) in [6.07, 6.45) is 3.12. The third-order valence-corrected chi connectivity index (χ3v) is 22.5. The molecule has 1 spiro atoms. The molecule has 388 valence electrons. The Balaban J connectivity index is 1.22. The fraction of sp³-hybridized carbons (Fsp3) is 0.833. The summed E-state index contributed by atoms with van der Waals surface area (Å²) in [5.41, 5.74) is 2.36.